The minimum atomic E-state index is 0.377. The molecule has 3 heteroatoms. The van der Waals surface area contributed by atoms with Crippen LogP contribution < -0.4 is 5.32 Å². The minimum absolute atomic E-state index is 0.377. The largest absolute Gasteiger partial charge is 0.341 e. The molecule has 2 saturated heterocycles. The second kappa shape index (κ2) is 4.97. The zero-order valence-electron chi connectivity index (χ0n) is 9.67. The summed E-state index contributed by atoms with van der Waals surface area (Å²) in [6.07, 6.45) is 5.71. The fraction of sp³-hybridized carbons (Fsp3) is 0.917. The number of hydrogen-bond acceptors (Lipinski definition) is 2. The summed E-state index contributed by atoms with van der Waals surface area (Å²) >= 11 is 0. The normalized spacial score (nSPS) is 31.5. The lowest BCUT2D eigenvalue weighted by Gasteiger charge is -2.21. The Morgan fingerprint density at radius 3 is 3.07 bits per heavy atom. The van der Waals surface area contributed by atoms with Crippen LogP contribution in [0.25, 0.3) is 0 Å². The summed E-state index contributed by atoms with van der Waals surface area (Å²) in [5, 5.41) is 3.46. The fourth-order valence-corrected chi connectivity index (χ4v) is 2.81. The first-order valence-electron chi connectivity index (χ1n) is 6.30. The smallest absolute Gasteiger partial charge is 0.222 e. The number of nitrogens with zero attached hydrogens (tertiary/aromatic N) is 1. The maximum absolute atomic E-state index is 11.7. The van der Waals surface area contributed by atoms with Crippen molar-refractivity contribution in [2.45, 2.75) is 45.1 Å². The third kappa shape index (κ3) is 2.71. The molecular weight excluding hydrogens is 188 g/mol. The number of nitrogens with one attached hydrogen (secondary N) is 1. The Kier molecular flexibility index (Phi) is 3.62. The van der Waals surface area contributed by atoms with Crippen molar-refractivity contribution in [1.29, 1.82) is 0 Å². The highest BCUT2D eigenvalue weighted by Crippen LogP contribution is 2.23. The zero-order valence-corrected chi connectivity index (χ0v) is 9.67. The van der Waals surface area contributed by atoms with Gasteiger partial charge in [0, 0.05) is 25.6 Å². The predicted molar refractivity (Wildman–Crippen MR) is 60.6 cm³/mol. The van der Waals surface area contributed by atoms with Crippen LogP contribution in [0.2, 0.25) is 0 Å². The number of rotatable bonds is 4. The summed E-state index contributed by atoms with van der Waals surface area (Å²) in [7, 11) is 0. The molecule has 0 spiro atoms. The van der Waals surface area contributed by atoms with E-state index in [1.54, 1.807) is 0 Å². The lowest BCUT2D eigenvalue weighted by Crippen LogP contribution is -2.38. The van der Waals surface area contributed by atoms with Crippen molar-refractivity contribution in [3.8, 4) is 0 Å². The Morgan fingerprint density at radius 2 is 2.40 bits per heavy atom. The van der Waals surface area contributed by atoms with E-state index in [1.165, 1.54) is 25.7 Å². The molecule has 0 aromatic carbocycles. The summed E-state index contributed by atoms with van der Waals surface area (Å²) in [6, 6.07) is 0.564. The van der Waals surface area contributed by atoms with Crippen LogP contribution in [0, 0.1) is 5.92 Å². The van der Waals surface area contributed by atoms with Gasteiger partial charge in [0.05, 0.1) is 0 Å². The standard InChI is InChI=1S/C12H22N2O/c1-2-4-10-7-12(15)14(8-10)9-11-5-3-6-13-11/h10-11,13H,2-9H2,1H3/t10?,11-/m1/s1. The molecule has 0 aromatic rings. The molecule has 2 rings (SSSR count). The van der Waals surface area contributed by atoms with E-state index in [2.05, 4.69) is 17.1 Å². The van der Waals surface area contributed by atoms with E-state index in [9.17, 15) is 4.79 Å². The first kappa shape index (κ1) is 10.9. The number of likely N-dealkylation sites (tertiary alicyclic amines) is 1. The lowest BCUT2D eigenvalue weighted by molar-refractivity contribution is -0.128. The van der Waals surface area contributed by atoms with Gasteiger partial charge in [-0.05, 0) is 31.7 Å². The molecule has 0 radical (unpaired) electrons. The first-order valence-corrected chi connectivity index (χ1v) is 6.30. The summed E-state index contributed by atoms with van der Waals surface area (Å²) in [4.78, 5) is 13.8. The molecule has 1 amide bonds. The van der Waals surface area contributed by atoms with E-state index in [4.69, 9.17) is 0 Å². The Hall–Kier alpha value is -0.570. The number of carbonyl (C=O) groups excluding carboxylic acids is 1. The van der Waals surface area contributed by atoms with Crippen molar-refractivity contribution in [2.24, 2.45) is 5.92 Å². The van der Waals surface area contributed by atoms with Gasteiger partial charge in [-0.2, -0.15) is 0 Å². The molecule has 0 saturated carbocycles. The van der Waals surface area contributed by atoms with Crippen molar-refractivity contribution in [2.75, 3.05) is 19.6 Å². The number of hydrogen-bond donors (Lipinski definition) is 1. The van der Waals surface area contributed by atoms with Crippen LogP contribution in [0.1, 0.15) is 39.0 Å². The van der Waals surface area contributed by atoms with Gasteiger partial charge in [0.15, 0.2) is 0 Å². The van der Waals surface area contributed by atoms with Crippen LogP contribution in [0.4, 0.5) is 0 Å². The van der Waals surface area contributed by atoms with E-state index in [1.807, 2.05) is 0 Å². The van der Waals surface area contributed by atoms with Gasteiger partial charge >= 0.3 is 0 Å². The number of carbonyl (C=O) groups is 1. The average molecular weight is 210 g/mol. The molecule has 2 aliphatic rings. The van der Waals surface area contributed by atoms with Gasteiger partial charge in [0.2, 0.25) is 5.91 Å². The highest BCUT2D eigenvalue weighted by Gasteiger charge is 2.30. The molecule has 0 bridgehead atoms. The molecule has 0 aliphatic carbocycles. The van der Waals surface area contributed by atoms with Crippen LogP contribution >= 0.6 is 0 Å². The lowest BCUT2D eigenvalue weighted by atomic mass is 10.0. The van der Waals surface area contributed by atoms with E-state index >= 15 is 0 Å². The first-order chi connectivity index (χ1) is 7.29. The topological polar surface area (TPSA) is 32.3 Å². The highest BCUT2D eigenvalue weighted by molar-refractivity contribution is 5.78. The molecule has 3 nitrogen and oxygen atoms in total. The zero-order chi connectivity index (χ0) is 10.7. The SMILES string of the molecule is CCCC1CC(=O)N(C[C@H]2CCCN2)C1. The van der Waals surface area contributed by atoms with Crippen molar-refractivity contribution < 1.29 is 4.79 Å². The van der Waals surface area contributed by atoms with Crippen LogP contribution in [-0.4, -0.2) is 36.5 Å². The quantitative estimate of drug-likeness (QED) is 0.760. The van der Waals surface area contributed by atoms with Gasteiger partial charge in [-0.15, -0.1) is 0 Å². The Labute approximate surface area is 92.2 Å². The van der Waals surface area contributed by atoms with Crippen LogP contribution in [0.5, 0.6) is 0 Å². The van der Waals surface area contributed by atoms with Crippen LogP contribution in [0.3, 0.4) is 0 Å². The molecular formula is C12H22N2O. The van der Waals surface area contributed by atoms with E-state index < -0.39 is 0 Å². The Morgan fingerprint density at radius 1 is 1.53 bits per heavy atom. The molecule has 0 aromatic heterocycles. The molecule has 1 N–H and O–H groups in total. The van der Waals surface area contributed by atoms with Crippen LogP contribution in [0.15, 0.2) is 0 Å². The summed E-state index contributed by atoms with van der Waals surface area (Å²) < 4.78 is 0. The Bertz CT molecular complexity index is 224. The third-order valence-corrected chi connectivity index (χ3v) is 3.59. The second-order valence-electron chi connectivity index (χ2n) is 4.95. The molecule has 2 fully saturated rings. The van der Waals surface area contributed by atoms with Gasteiger partial charge in [-0.1, -0.05) is 13.3 Å². The minimum Gasteiger partial charge on any atom is -0.341 e. The Balaban J connectivity index is 1.79. The predicted octanol–water partition coefficient (Wildman–Crippen LogP) is 1.39. The average Bonchev–Trinajstić information content (AvgIpc) is 2.79. The van der Waals surface area contributed by atoms with E-state index in [0.29, 0.717) is 17.9 Å². The van der Waals surface area contributed by atoms with Crippen molar-refractivity contribution in [3.63, 3.8) is 0 Å². The summed E-state index contributed by atoms with van der Waals surface area (Å²) in [5.74, 6) is 1.01. The molecule has 15 heavy (non-hydrogen) atoms. The second-order valence-corrected chi connectivity index (χ2v) is 4.95. The van der Waals surface area contributed by atoms with E-state index in [-0.39, 0.29) is 0 Å². The number of amides is 1. The molecule has 2 aliphatic heterocycles. The van der Waals surface area contributed by atoms with Crippen molar-refractivity contribution in [1.82, 2.24) is 10.2 Å². The highest BCUT2D eigenvalue weighted by atomic mass is 16.2. The monoisotopic (exact) mass is 210 g/mol. The van der Waals surface area contributed by atoms with Crippen molar-refractivity contribution >= 4 is 5.91 Å². The van der Waals surface area contributed by atoms with Crippen molar-refractivity contribution in [3.05, 3.63) is 0 Å². The fourth-order valence-electron chi connectivity index (χ4n) is 2.81. The van der Waals surface area contributed by atoms with Gasteiger partial charge in [0.1, 0.15) is 0 Å². The molecule has 2 atom stereocenters. The molecule has 86 valence electrons. The van der Waals surface area contributed by atoms with Gasteiger partial charge in [0.25, 0.3) is 0 Å². The molecule has 2 heterocycles. The maximum Gasteiger partial charge on any atom is 0.222 e. The van der Waals surface area contributed by atoms with E-state index in [0.717, 1.165) is 26.1 Å². The summed E-state index contributed by atoms with van der Waals surface area (Å²) in [5.41, 5.74) is 0. The maximum atomic E-state index is 11.7. The van der Waals surface area contributed by atoms with Gasteiger partial charge in [-0.25, -0.2) is 0 Å². The summed E-state index contributed by atoms with van der Waals surface area (Å²) in [6.45, 7) is 5.28. The molecule has 1 unspecified atom stereocenters. The van der Waals surface area contributed by atoms with Gasteiger partial charge < -0.3 is 10.2 Å². The van der Waals surface area contributed by atoms with Gasteiger partial charge in [-0.3, -0.25) is 4.79 Å². The van der Waals surface area contributed by atoms with Crippen LogP contribution in [-0.2, 0) is 4.79 Å². The third-order valence-electron chi connectivity index (χ3n) is 3.59.